The van der Waals surface area contributed by atoms with Gasteiger partial charge in [-0.3, -0.25) is 14.4 Å². The summed E-state index contributed by atoms with van der Waals surface area (Å²) in [6, 6.07) is 11.9. The third kappa shape index (κ3) is 5.91. The second-order valence-corrected chi connectivity index (χ2v) is 9.89. The van der Waals surface area contributed by atoms with Gasteiger partial charge >= 0.3 is 0 Å². The summed E-state index contributed by atoms with van der Waals surface area (Å²) in [6.07, 6.45) is 0.0750. The van der Waals surface area contributed by atoms with Crippen LogP contribution in [-0.2, 0) is 16.0 Å². The number of amides is 3. The fraction of sp³-hybridized carbons (Fsp3) is 0.345. The number of hydrogen-bond donors (Lipinski definition) is 4. The van der Waals surface area contributed by atoms with Crippen LogP contribution >= 0.6 is 0 Å². The van der Waals surface area contributed by atoms with Gasteiger partial charge in [0.1, 0.15) is 11.8 Å². The molecule has 3 rings (SSSR count). The van der Waals surface area contributed by atoms with E-state index in [0.717, 1.165) is 5.56 Å². The Labute approximate surface area is 217 Å². The van der Waals surface area contributed by atoms with Gasteiger partial charge < -0.3 is 25.7 Å². The summed E-state index contributed by atoms with van der Waals surface area (Å²) in [6.45, 7) is 13.3. The van der Waals surface area contributed by atoms with Crippen molar-refractivity contribution in [3.63, 3.8) is 0 Å². The molecule has 3 amide bonds. The second kappa shape index (κ2) is 11.4. The lowest BCUT2D eigenvalue weighted by Crippen LogP contribution is -2.57. The average molecular weight is 506 g/mol. The number of carbonyl (C=O) groups is 3. The lowest BCUT2D eigenvalue weighted by molar-refractivity contribution is -0.148. The van der Waals surface area contributed by atoms with Gasteiger partial charge in [0.2, 0.25) is 5.91 Å². The smallest absolute Gasteiger partial charge is 0.254 e. The fourth-order valence-electron chi connectivity index (χ4n) is 4.59. The van der Waals surface area contributed by atoms with E-state index in [1.54, 1.807) is 25.1 Å². The van der Waals surface area contributed by atoms with Gasteiger partial charge in [-0.25, -0.2) is 0 Å². The van der Waals surface area contributed by atoms with Gasteiger partial charge in [-0.05, 0) is 36.6 Å². The van der Waals surface area contributed by atoms with Crippen molar-refractivity contribution in [2.24, 2.45) is 5.41 Å². The number of likely N-dealkylation sites (tertiary alicyclic amines) is 1. The van der Waals surface area contributed by atoms with Crippen molar-refractivity contribution in [1.29, 1.82) is 0 Å². The number of aliphatic hydroxyl groups is 1. The molecule has 2 aromatic rings. The molecule has 1 aliphatic heterocycles. The minimum absolute atomic E-state index is 0.0323. The maximum atomic E-state index is 13.7. The topological polar surface area (TPSA) is 119 Å². The highest BCUT2D eigenvalue weighted by Gasteiger charge is 2.51. The van der Waals surface area contributed by atoms with Crippen LogP contribution in [-0.4, -0.2) is 64.1 Å². The molecule has 8 nitrogen and oxygen atoms in total. The Morgan fingerprint density at radius 1 is 1.16 bits per heavy atom. The van der Waals surface area contributed by atoms with Crippen LogP contribution in [0.1, 0.15) is 35.3 Å². The van der Waals surface area contributed by atoms with E-state index in [9.17, 15) is 24.6 Å². The molecule has 1 fully saturated rings. The van der Waals surface area contributed by atoms with Gasteiger partial charge in [0, 0.05) is 29.6 Å². The molecule has 0 bridgehead atoms. The van der Waals surface area contributed by atoms with Crippen LogP contribution in [0.15, 0.2) is 73.3 Å². The molecule has 0 aliphatic carbocycles. The van der Waals surface area contributed by atoms with E-state index >= 15 is 0 Å². The van der Waals surface area contributed by atoms with E-state index in [1.807, 2.05) is 44.2 Å². The monoisotopic (exact) mass is 505 g/mol. The first kappa shape index (κ1) is 27.7. The molecule has 1 saturated heterocycles. The van der Waals surface area contributed by atoms with Crippen LogP contribution in [0.5, 0.6) is 5.75 Å². The SMILES string of the molecule is C=CCNC(=O)[C@H]1N(C(=O)[C@@H](O)[C@H](Cc2ccccc2)NC(=O)c2cccc(O)c2C)CC(=C)C1(C)C. The molecule has 196 valence electrons. The number of aliphatic hydroxyl groups excluding tert-OH is 1. The molecule has 4 N–H and O–H groups in total. The number of benzene rings is 2. The summed E-state index contributed by atoms with van der Waals surface area (Å²) < 4.78 is 0. The molecule has 8 heteroatoms. The van der Waals surface area contributed by atoms with Crippen molar-refractivity contribution < 1.29 is 24.6 Å². The van der Waals surface area contributed by atoms with Crippen LogP contribution in [0.2, 0.25) is 0 Å². The summed E-state index contributed by atoms with van der Waals surface area (Å²) >= 11 is 0. The quantitative estimate of drug-likeness (QED) is 0.391. The number of phenolic OH excluding ortho intramolecular Hbond substituents is 1. The van der Waals surface area contributed by atoms with Crippen molar-refractivity contribution in [2.45, 2.75) is 45.4 Å². The lowest BCUT2D eigenvalue weighted by atomic mass is 9.81. The minimum Gasteiger partial charge on any atom is -0.508 e. The predicted octanol–water partition coefficient (Wildman–Crippen LogP) is 2.50. The highest BCUT2D eigenvalue weighted by atomic mass is 16.3. The molecule has 37 heavy (non-hydrogen) atoms. The highest BCUT2D eigenvalue weighted by molar-refractivity contribution is 5.97. The van der Waals surface area contributed by atoms with E-state index in [2.05, 4.69) is 23.8 Å². The summed E-state index contributed by atoms with van der Waals surface area (Å²) in [5.41, 5.74) is 1.38. The molecule has 0 aromatic heterocycles. The average Bonchev–Trinajstić information content (AvgIpc) is 3.11. The highest BCUT2D eigenvalue weighted by Crippen LogP contribution is 2.40. The van der Waals surface area contributed by atoms with E-state index in [4.69, 9.17) is 0 Å². The Kier molecular flexibility index (Phi) is 8.55. The number of hydrogen-bond acceptors (Lipinski definition) is 5. The van der Waals surface area contributed by atoms with Crippen molar-refractivity contribution in [1.82, 2.24) is 15.5 Å². The molecule has 0 spiro atoms. The third-order valence-electron chi connectivity index (χ3n) is 7.02. The van der Waals surface area contributed by atoms with Crippen LogP contribution in [0.3, 0.4) is 0 Å². The normalized spacial score (nSPS) is 18.1. The minimum atomic E-state index is -1.64. The zero-order valence-electron chi connectivity index (χ0n) is 21.5. The van der Waals surface area contributed by atoms with E-state index in [0.29, 0.717) is 11.1 Å². The largest absolute Gasteiger partial charge is 0.508 e. The maximum Gasteiger partial charge on any atom is 0.254 e. The number of carbonyl (C=O) groups excluding carboxylic acids is 3. The standard InChI is InChI=1S/C29H35N3O5/c1-6-15-30-27(36)25-29(4,5)18(2)17-32(25)28(37)24(34)22(16-20-11-8-7-9-12-20)31-26(35)21-13-10-14-23(33)19(21)3/h6-14,22,24-25,33-34H,1-2,15-17H2,3-5H3,(H,30,36)(H,31,35)/t22-,24-,25+/m0/s1. The Hall–Kier alpha value is -3.91. The third-order valence-corrected chi connectivity index (χ3v) is 7.02. The first-order chi connectivity index (χ1) is 17.5. The number of nitrogens with zero attached hydrogens (tertiary/aromatic N) is 1. The molecular weight excluding hydrogens is 470 g/mol. The maximum absolute atomic E-state index is 13.7. The van der Waals surface area contributed by atoms with Crippen molar-refractivity contribution in [3.8, 4) is 5.75 Å². The number of phenols is 1. The predicted molar refractivity (Wildman–Crippen MR) is 142 cm³/mol. The van der Waals surface area contributed by atoms with Crippen LogP contribution in [0, 0.1) is 12.3 Å². The van der Waals surface area contributed by atoms with Crippen molar-refractivity contribution >= 4 is 17.7 Å². The van der Waals surface area contributed by atoms with Gasteiger partial charge in [-0.1, -0.05) is 62.9 Å². The Morgan fingerprint density at radius 2 is 1.84 bits per heavy atom. The zero-order chi connectivity index (χ0) is 27.3. The van der Waals surface area contributed by atoms with Crippen molar-refractivity contribution in [3.05, 3.63) is 90.0 Å². The second-order valence-electron chi connectivity index (χ2n) is 9.89. The summed E-state index contributed by atoms with van der Waals surface area (Å²) in [4.78, 5) is 41.2. The molecule has 2 aromatic carbocycles. The van der Waals surface area contributed by atoms with Crippen molar-refractivity contribution in [2.75, 3.05) is 13.1 Å². The molecule has 0 saturated carbocycles. The van der Waals surface area contributed by atoms with E-state index in [-0.39, 0.29) is 36.7 Å². The number of nitrogens with one attached hydrogen (secondary N) is 2. The van der Waals surface area contributed by atoms with Crippen LogP contribution in [0.4, 0.5) is 0 Å². The molecule has 3 atom stereocenters. The Morgan fingerprint density at radius 3 is 2.49 bits per heavy atom. The number of rotatable bonds is 9. The Balaban J connectivity index is 1.92. The van der Waals surface area contributed by atoms with Crippen LogP contribution < -0.4 is 10.6 Å². The van der Waals surface area contributed by atoms with Gasteiger partial charge in [0.25, 0.3) is 11.8 Å². The first-order valence-electron chi connectivity index (χ1n) is 12.2. The summed E-state index contributed by atoms with van der Waals surface area (Å²) in [5, 5.41) is 26.9. The van der Waals surface area contributed by atoms with Gasteiger partial charge in [0.15, 0.2) is 6.10 Å². The van der Waals surface area contributed by atoms with Gasteiger partial charge in [-0.2, -0.15) is 0 Å². The summed E-state index contributed by atoms with van der Waals surface area (Å²) in [5.74, 6) is -1.62. The van der Waals surface area contributed by atoms with Gasteiger partial charge in [-0.15, -0.1) is 6.58 Å². The van der Waals surface area contributed by atoms with E-state index < -0.39 is 35.4 Å². The molecule has 1 aliphatic rings. The molecular formula is C29H35N3O5. The molecule has 0 radical (unpaired) electrons. The lowest BCUT2D eigenvalue weighted by Gasteiger charge is -2.34. The Bertz CT molecular complexity index is 1190. The number of aromatic hydroxyl groups is 1. The van der Waals surface area contributed by atoms with E-state index in [1.165, 1.54) is 11.0 Å². The summed E-state index contributed by atoms with van der Waals surface area (Å²) in [7, 11) is 0. The fourth-order valence-corrected chi connectivity index (χ4v) is 4.59. The molecule has 1 heterocycles. The zero-order valence-corrected chi connectivity index (χ0v) is 21.5. The first-order valence-corrected chi connectivity index (χ1v) is 12.2. The van der Waals surface area contributed by atoms with Crippen LogP contribution in [0.25, 0.3) is 0 Å². The van der Waals surface area contributed by atoms with Gasteiger partial charge in [0.05, 0.1) is 6.04 Å². The molecule has 0 unspecified atom stereocenters.